The molecule has 0 amide bonds. The summed E-state index contributed by atoms with van der Waals surface area (Å²) < 4.78 is 14.1. The van der Waals surface area contributed by atoms with Crippen LogP contribution in [0.15, 0.2) is 23.1 Å². The Labute approximate surface area is 126 Å². The molecule has 1 nitrogen and oxygen atoms in total. The number of halogens is 1. The van der Waals surface area contributed by atoms with Gasteiger partial charge in [0.15, 0.2) is 0 Å². The molecule has 3 heteroatoms. The molecule has 1 saturated carbocycles. The lowest BCUT2D eigenvalue weighted by atomic mass is 10.0. The molecule has 1 aliphatic carbocycles. The minimum Gasteiger partial charge on any atom is -0.308 e. The largest absolute Gasteiger partial charge is 0.308 e. The summed E-state index contributed by atoms with van der Waals surface area (Å²) in [6.07, 6.45) is 6.55. The molecule has 1 aromatic carbocycles. The van der Waals surface area contributed by atoms with E-state index in [9.17, 15) is 4.39 Å². The molecule has 1 aliphatic rings. The van der Waals surface area contributed by atoms with E-state index in [0.717, 1.165) is 10.5 Å². The first-order valence-corrected chi connectivity index (χ1v) is 8.53. The molecule has 0 unspecified atom stereocenters. The van der Waals surface area contributed by atoms with Crippen LogP contribution in [-0.4, -0.2) is 10.8 Å². The number of hydrogen-bond donors (Lipinski definition) is 1. The molecule has 20 heavy (non-hydrogen) atoms. The van der Waals surface area contributed by atoms with E-state index in [0.29, 0.717) is 11.8 Å². The molecule has 0 aliphatic heterocycles. The second kappa shape index (κ2) is 6.95. The number of nitrogens with one attached hydrogen (secondary N) is 1. The molecule has 0 saturated heterocycles. The molecular formula is C17H26FNS. The fourth-order valence-corrected chi connectivity index (χ4v) is 3.93. The SMILES string of the molecule is CC(C)(C)NCc1c(F)cccc1SC1CCCCC1. The van der Waals surface area contributed by atoms with Gasteiger partial charge in [-0.1, -0.05) is 25.3 Å². The van der Waals surface area contributed by atoms with E-state index in [1.807, 2.05) is 17.8 Å². The van der Waals surface area contributed by atoms with Gasteiger partial charge in [-0.3, -0.25) is 0 Å². The number of hydrogen-bond acceptors (Lipinski definition) is 2. The Bertz CT molecular complexity index is 433. The van der Waals surface area contributed by atoms with Gasteiger partial charge >= 0.3 is 0 Å². The van der Waals surface area contributed by atoms with Gasteiger partial charge in [0, 0.05) is 27.8 Å². The number of rotatable bonds is 4. The van der Waals surface area contributed by atoms with E-state index < -0.39 is 0 Å². The predicted octanol–water partition coefficient (Wildman–Crippen LogP) is 5.14. The molecule has 0 bridgehead atoms. The third kappa shape index (κ3) is 4.78. The Morgan fingerprint density at radius 3 is 2.55 bits per heavy atom. The molecule has 1 N–H and O–H groups in total. The fourth-order valence-electron chi connectivity index (χ4n) is 2.54. The highest BCUT2D eigenvalue weighted by Crippen LogP contribution is 2.36. The van der Waals surface area contributed by atoms with Gasteiger partial charge in [0.1, 0.15) is 5.82 Å². The van der Waals surface area contributed by atoms with Crippen molar-refractivity contribution in [2.75, 3.05) is 0 Å². The lowest BCUT2D eigenvalue weighted by Gasteiger charge is -2.24. The van der Waals surface area contributed by atoms with Crippen molar-refractivity contribution in [2.45, 2.75) is 75.1 Å². The molecular weight excluding hydrogens is 269 g/mol. The van der Waals surface area contributed by atoms with Gasteiger partial charge < -0.3 is 5.32 Å². The van der Waals surface area contributed by atoms with Crippen LogP contribution in [0.2, 0.25) is 0 Å². The lowest BCUT2D eigenvalue weighted by molar-refractivity contribution is 0.416. The van der Waals surface area contributed by atoms with Crippen LogP contribution < -0.4 is 5.32 Å². The summed E-state index contributed by atoms with van der Waals surface area (Å²) in [6.45, 7) is 6.94. The van der Waals surface area contributed by atoms with E-state index in [1.54, 1.807) is 6.07 Å². The molecule has 2 rings (SSSR count). The average Bonchev–Trinajstić information content (AvgIpc) is 2.38. The van der Waals surface area contributed by atoms with Crippen molar-refractivity contribution in [2.24, 2.45) is 0 Å². The van der Waals surface area contributed by atoms with Crippen molar-refractivity contribution >= 4 is 11.8 Å². The lowest BCUT2D eigenvalue weighted by Crippen LogP contribution is -2.35. The Kier molecular flexibility index (Phi) is 5.50. The summed E-state index contributed by atoms with van der Waals surface area (Å²) in [5, 5.41) is 4.07. The highest BCUT2D eigenvalue weighted by molar-refractivity contribution is 8.00. The summed E-state index contributed by atoms with van der Waals surface area (Å²) in [5.74, 6) is -0.0810. The maximum absolute atomic E-state index is 14.1. The zero-order chi connectivity index (χ0) is 14.6. The van der Waals surface area contributed by atoms with Crippen LogP contribution in [-0.2, 0) is 6.54 Å². The summed E-state index contributed by atoms with van der Waals surface area (Å²) in [5.41, 5.74) is 0.840. The van der Waals surface area contributed by atoms with E-state index in [1.165, 1.54) is 32.1 Å². The summed E-state index contributed by atoms with van der Waals surface area (Å²) in [7, 11) is 0. The van der Waals surface area contributed by atoms with Crippen molar-refractivity contribution in [1.29, 1.82) is 0 Å². The monoisotopic (exact) mass is 295 g/mol. The minimum absolute atomic E-state index is 0.00898. The van der Waals surface area contributed by atoms with E-state index >= 15 is 0 Å². The van der Waals surface area contributed by atoms with E-state index in [-0.39, 0.29) is 11.4 Å². The maximum Gasteiger partial charge on any atom is 0.128 e. The van der Waals surface area contributed by atoms with Crippen molar-refractivity contribution in [3.05, 3.63) is 29.6 Å². The first-order chi connectivity index (χ1) is 9.46. The Hall–Kier alpha value is -0.540. The van der Waals surface area contributed by atoms with Gasteiger partial charge in [-0.25, -0.2) is 4.39 Å². The quantitative estimate of drug-likeness (QED) is 0.825. The van der Waals surface area contributed by atoms with Gasteiger partial charge in [0.25, 0.3) is 0 Å². The van der Waals surface area contributed by atoms with Crippen molar-refractivity contribution in [1.82, 2.24) is 5.32 Å². The third-order valence-corrected chi connectivity index (χ3v) is 5.16. The summed E-state index contributed by atoms with van der Waals surface area (Å²) in [6, 6.07) is 5.48. The van der Waals surface area contributed by atoms with Gasteiger partial charge in [-0.05, 0) is 45.7 Å². The van der Waals surface area contributed by atoms with Crippen LogP contribution in [0.25, 0.3) is 0 Å². The Morgan fingerprint density at radius 1 is 1.20 bits per heavy atom. The van der Waals surface area contributed by atoms with Crippen LogP contribution in [0.5, 0.6) is 0 Å². The molecule has 0 heterocycles. The molecule has 0 aromatic heterocycles. The second-order valence-electron chi connectivity index (χ2n) is 6.70. The number of benzene rings is 1. The summed E-state index contributed by atoms with van der Waals surface area (Å²) in [4.78, 5) is 1.12. The second-order valence-corrected chi connectivity index (χ2v) is 8.04. The molecule has 112 valence electrons. The maximum atomic E-state index is 14.1. The Balaban J connectivity index is 2.08. The molecule has 0 atom stereocenters. The van der Waals surface area contributed by atoms with Crippen LogP contribution in [0.1, 0.15) is 58.4 Å². The smallest absolute Gasteiger partial charge is 0.128 e. The van der Waals surface area contributed by atoms with Crippen LogP contribution in [0.3, 0.4) is 0 Å². The van der Waals surface area contributed by atoms with E-state index in [4.69, 9.17) is 0 Å². The minimum atomic E-state index is -0.0810. The van der Waals surface area contributed by atoms with Gasteiger partial charge in [-0.2, -0.15) is 0 Å². The van der Waals surface area contributed by atoms with Gasteiger partial charge in [-0.15, -0.1) is 11.8 Å². The van der Waals surface area contributed by atoms with Gasteiger partial charge in [0.05, 0.1) is 0 Å². The summed E-state index contributed by atoms with van der Waals surface area (Å²) >= 11 is 1.88. The first kappa shape index (κ1) is 15.8. The van der Waals surface area contributed by atoms with E-state index in [2.05, 4.69) is 32.2 Å². The molecule has 0 radical (unpaired) electrons. The Morgan fingerprint density at radius 2 is 1.90 bits per heavy atom. The highest BCUT2D eigenvalue weighted by atomic mass is 32.2. The zero-order valence-electron chi connectivity index (χ0n) is 12.8. The van der Waals surface area contributed by atoms with Crippen molar-refractivity contribution in [3.63, 3.8) is 0 Å². The predicted molar refractivity (Wildman–Crippen MR) is 85.7 cm³/mol. The topological polar surface area (TPSA) is 12.0 Å². The number of thioether (sulfide) groups is 1. The zero-order valence-corrected chi connectivity index (χ0v) is 13.7. The van der Waals surface area contributed by atoms with Crippen molar-refractivity contribution in [3.8, 4) is 0 Å². The normalized spacial score (nSPS) is 17.4. The molecule has 0 spiro atoms. The third-order valence-electron chi connectivity index (χ3n) is 3.72. The molecule has 1 fully saturated rings. The van der Waals surface area contributed by atoms with Crippen molar-refractivity contribution < 1.29 is 4.39 Å². The standard InChI is InChI=1S/C17H26FNS/c1-17(2,3)19-12-14-15(18)10-7-11-16(14)20-13-8-5-4-6-9-13/h7,10-11,13,19H,4-6,8-9,12H2,1-3H3. The highest BCUT2D eigenvalue weighted by Gasteiger charge is 2.19. The van der Waals surface area contributed by atoms with Crippen LogP contribution >= 0.6 is 11.8 Å². The first-order valence-electron chi connectivity index (χ1n) is 7.65. The fraction of sp³-hybridized carbons (Fsp3) is 0.647. The average molecular weight is 295 g/mol. The van der Waals surface area contributed by atoms with Crippen LogP contribution in [0, 0.1) is 5.82 Å². The molecule has 1 aromatic rings. The van der Waals surface area contributed by atoms with Crippen LogP contribution in [0.4, 0.5) is 4.39 Å². The van der Waals surface area contributed by atoms with Gasteiger partial charge in [0.2, 0.25) is 0 Å².